The molecule has 0 radical (unpaired) electrons. The van der Waals surface area contributed by atoms with E-state index >= 15 is 0 Å². The minimum atomic E-state index is -0.929. The van der Waals surface area contributed by atoms with Crippen LogP contribution in [0.5, 0.6) is 17.2 Å². The highest BCUT2D eigenvalue weighted by Crippen LogP contribution is 2.37. The van der Waals surface area contributed by atoms with Gasteiger partial charge in [-0.05, 0) is 39.8 Å². The van der Waals surface area contributed by atoms with Gasteiger partial charge in [0.2, 0.25) is 0 Å². The first-order valence-electron chi connectivity index (χ1n) is 9.06. The fourth-order valence-corrected chi connectivity index (χ4v) is 2.42. The summed E-state index contributed by atoms with van der Waals surface area (Å²) in [5.74, 6) is 3.81. The van der Waals surface area contributed by atoms with Crippen molar-refractivity contribution in [1.29, 1.82) is 0 Å². The smallest absolute Gasteiger partial charge is 0.408 e. The van der Waals surface area contributed by atoms with Gasteiger partial charge in [-0.3, -0.25) is 0 Å². The number of nitrogens with zero attached hydrogens (tertiary/aromatic N) is 1. The van der Waals surface area contributed by atoms with Crippen LogP contribution in [0.25, 0.3) is 0 Å². The number of hydrogen-bond acceptors (Lipinski definition) is 7. The Morgan fingerprint density at radius 1 is 1.37 bits per heavy atom. The summed E-state index contributed by atoms with van der Waals surface area (Å²) in [6.45, 7) is 6.83. The van der Waals surface area contributed by atoms with Crippen molar-refractivity contribution in [2.24, 2.45) is 0 Å². The molecule has 8 nitrogen and oxygen atoms in total. The van der Waals surface area contributed by atoms with Crippen LogP contribution in [0.1, 0.15) is 44.9 Å². The number of nitrogen functional groups attached to an aromatic ring is 1. The van der Waals surface area contributed by atoms with Crippen LogP contribution in [-0.4, -0.2) is 33.4 Å². The molecule has 0 aliphatic rings. The van der Waals surface area contributed by atoms with E-state index in [-0.39, 0.29) is 29.4 Å². The first-order chi connectivity index (χ1) is 14.0. The summed E-state index contributed by atoms with van der Waals surface area (Å²) in [7, 11) is 0. The molecule has 5 N–H and O–H groups in total. The van der Waals surface area contributed by atoms with Crippen molar-refractivity contribution in [3.05, 3.63) is 41.3 Å². The molecular weight excluding hydrogens is 393 g/mol. The summed E-state index contributed by atoms with van der Waals surface area (Å²) >= 11 is 0. The lowest BCUT2D eigenvalue weighted by Gasteiger charge is -2.19. The Labute approximate surface area is 173 Å². The maximum Gasteiger partial charge on any atom is 0.408 e. The average molecular weight is 417 g/mol. The van der Waals surface area contributed by atoms with Gasteiger partial charge in [0.1, 0.15) is 17.5 Å². The Hall–Kier alpha value is -3.67. The molecule has 1 aromatic heterocycles. The molecular formula is C21H24FN3O5. The third-order valence-electron chi connectivity index (χ3n) is 3.69. The number of hydrogen-bond donors (Lipinski definition) is 4. The molecule has 1 heterocycles. The van der Waals surface area contributed by atoms with Crippen molar-refractivity contribution in [2.75, 3.05) is 12.3 Å². The lowest BCUT2D eigenvalue weighted by atomic mass is 10.1. The molecule has 2 rings (SSSR count). The maximum absolute atomic E-state index is 13.6. The number of carbonyl (C=O) groups excluding carboxylic acids is 1. The van der Waals surface area contributed by atoms with Crippen molar-refractivity contribution in [3.63, 3.8) is 0 Å². The summed E-state index contributed by atoms with van der Waals surface area (Å²) in [4.78, 5) is 15.6. The number of phenolic OH excluding ortho intramolecular Hbond substituents is 2. The number of alkyl carbamates (subject to hydrolysis) is 1. The molecule has 0 saturated heterocycles. The summed E-state index contributed by atoms with van der Waals surface area (Å²) in [6.07, 6.45) is -0.0913. The lowest BCUT2D eigenvalue weighted by Crippen LogP contribution is -2.32. The van der Waals surface area contributed by atoms with E-state index in [0.29, 0.717) is 5.56 Å². The van der Waals surface area contributed by atoms with Gasteiger partial charge in [0.15, 0.2) is 23.1 Å². The standard InChI is InChI=1S/C21H24FN3O5/c1-12(17-15(26)8-7-14(22)18(17)27)29-16-10-13(11-25-19(16)23)6-5-9-24-20(28)30-21(2,3)4/h7-8,10-12,26-27H,9H2,1-4H3,(H2,23,25)(H,24,28). The van der Waals surface area contributed by atoms with Crippen LogP contribution in [0.3, 0.4) is 0 Å². The third kappa shape index (κ3) is 6.17. The number of pyridine rings is 1. The molecule has 0 aliphatic heterocycles. The third-order valence-corrected chi connectivity index (χ3v) is 3.69. The highest BCUT2D eigenvalue weighted by Gasteiger charge is 2.21. The molecule has 0 saturated carbocycles. The van der Waals surface area contributed by atoms with E-state index in [9.17, 15) is 19.4 Å². The summed E-state index contributed by atoms with van der Waals surface area (Å²) < 4.78 is 24.4. The number of nitrogens with one attached hydrogen (secondary N) is 1. The van der Waals surface area contributed by atoms with Crippen LogP contribution >= 0.6 is 0 Å². The molecule has 160 valence electrons. The Kier molecular flexibility index (Phi) is 6.95. The topological polar surface area (TPSA) is 127 Å². The highest BCUT2D eigenvalue weighted by atomic mass is 19.1. The molecule has 30 heavy (non-hydrogen) atoms. The predicted octanol–water partition coefficient (Wildman–Crippen LogP) is 3.23. The van der Waals surface area contributed by atoms with Gasteiger partial charge in [0, 0.05) is 17.8 Å². The van der Waals surface area contributed by atoms with Gasteiger partial charge >= 0.3 is 6.09 Å². The maximum atomic E-state index is 13.6. The first kappa shape index (κ1) is 22.6. The van der Waals surface area contributed by atoms with E-state index in [0.717, 1.165) is 12.1 Å². The fourth-order valence-electron chi connectivity index (χ4n) is 2.42. The van der Waals surface area contributed by atoms with Crippen LogP contribution in [0.15, 0.2) is 24.4 Å². The number of ether oxygens (including phenoxy) is 2. The Morgan fingerprint density at radius 3 is 2.73 bits per heavy atom. The number of aromatic hydroxyl groups is 2. The van der Waals surface area contributed by atoms with E-state index in [1.54, 1.807) is 20.8 Å². The number of rotatable bonds is 4. The quantitative estimate of drug-likeness (QED) is 0.563. The summed E-state index contributed by atoms with van der Waals surface area (Å²) in [5.41, 5.74) is 5.54. The van der Waals surface area contributed by atoms with Crippen molar-refractivity contribution in [3.8, 4) is 29.1 Å². The number of phenols is 2. The zero-order valence-electron chi connectivity index (χ0n) is 17.1. The predicted molar refractivity (Wildman–Crippen MR) is 109 cm³/mol. The van der Waals surface area contributed by atoms with E-state index in [4.69, 9.17) is 15.2 Å². The number of amides is 1. The molecule has 1 aromatic carbocycles. The fraction of sp³-hybridized carbons (Fsp3) is 0.333. The number of nitrogens with two attached hydrogens (primary N) is 1. The lowest BCUT2D eigenvalue weighted by molar-refractivity contribution is 0.0535. The molecule has 0 fully saturated rings. The van der Waals surface area contributed by atoms with Gasteiger partial charge in [-0.1, -0.05) is 11.8 Å². The highest BCUT2D eigenvalue weighted by molar-refractivity contribution is 5.68. The molecule has 0 aliphatic carbocycles. The number of aromatic nitrogens is 1. The van der Waals surface area contributed by atoms with Crippen LogP contribution in [0.2, 0.25) is 0 Å². The van der Waals surface area contributed by atoms with E-state index < -0.39 is 29.4 Å². The first-order valence-corrected chi connectivity index (χ1v) is 9.06. The van der Waals surface area contributed by atoms with Crippen LogP contribution in [0, 0.1) is 17.7 Å². The van der Waals surface area contributed by atoms with E-state index in [1.807, 2.05) is 0 Å². The average Bonchev–Trinajstić information content (AvgIpc) is 2.63. The van der Waals surface area contributed by atoms with Gasteiger partial charge in [-0.2, -0.15) is 0 Å². The molecule has 1 amide bonds. The van der Waals surface area contributed by atoms with Crippen molar-refractivity contribution < 1.29 is 28.9 Å². The summed E-state index contributed by atoms with van der Waals surface area (Å²) in [6, 6.07) is 3.57. The molecule has 9 heteroatoms. The zero-order valence-corrected chi connectivity index (χ0v) is 17.1. The largest absolute Gasteiger partial charge is 0.507 e. The normalized spacial score (nSPS) is 11.8. The molecule has 1 atom stereocenters. The van der Waals surface area contributed by atoms with Gasteiger partial charge in [0.05, 0.1) is 12.1 Å². The minimum absolute atomic E-state index is 0.0506. The molecule has 0 spiro atoms. The van der Waals surface area contributed by atoms with Gasteiger partial charge in [-0.15, -0.1) is 0 Å². The van der Waals surface area contributed by atoms with Crippen LogP contribution in [0.4, 0.5) is 15.0 Å². The number of anilines is 1. The second kappa shape index (κ2) is 9.22. The number of benzene rings is 1. The van der Waals surface area contributed by atoms with Crippen molar-refractivity contribution in [2.45, 2.75) is 39.4 Å². The van der Waals surface area contributed by atoms with Gasteiger partial charge < -0.3 is 30.7 Å². The zero-order chi connectivity index (χ0) is 22.5. The Balaban J connectivity index is 2.10. The Morgan fingerprint density at radius 2 is 2.07 bits per heavy atom. The van der Waals surface area contributed by atoms with Crippen LogP contribution in [-0.2, 0) is 4.74 Å². The minimum Gasteiger partial charge on any atom is -0.507 e. The van der Waals surface area contributed by atoms with Gasteiger partial charge in [-0.25, -0.2) is 14.2 Å². The van der Waals surface area contributed by atoms with E-state index in [1.165, 1.54) is 19.2 Å². The summed E-state index contributed by atoms with van der Waals surface area (Å²) in [5, 5.41) is 22.3. The van der Waals surface area contributed by atoms with Crippen LogP contribution < -0.4 is 15.8 Å². The van der Waals surface area contributed by atoms with Crippen molar-refractivity contribution in [1.82, 2.24) is 10.3 Å². The second-order valence-electron chi connectivity index (χ2n) is 7.35. The molecule has 2 aromatic rings. The number of carbonyl (C=O) groups is 1. The molecule has 0 bridgehead atoms. The molecule has 1 unspecified atom stereocenters. The SMILES string of the molecule is CC(Oc1cc(C#CCNC(=O)OC(C)(C)C)cnc1N)c1c(O)ccc(F)c1O. The second-order valence-corrected chi connectivity index (χ2v) is 7.35. The van der Waals surface area contributed by atoms with Crippen molar-refractivity contribution >= 4 is 11.9 Å². The van der Waals surface area contributed by atoms with E-state index in [2.05, 4.69) is 22.1 Å². The number of halogens is 1. The monoisotopic (exact) mass is 417 g/mol. The van der Waals surface area contributed by atoms with Gasteiger partial charge in [0.25, 0.3) is 0 Å². The Bertz CT molecular complexity index is 993.